The molecule has 0 bridgehead atoms. The first-order valence-electron chi connectivity index (χ1n) is 9.49. The molecule has 2 fully saturated rings. The van der Waals surface area contributed by atoms with Gasteiger partial charge in [-0.25, -0.2) is 4.79 Å². The highest BCUT2D eigenvalue weighted by Crippen LogP contribution is 2.37. The molecule has 4 atom stereocenters. The average Bonchev–Trinajstić information content (AvgIpc) is 3.04. The van der Waals surface area contributed by atoms with E-state index >= 15 is 0 Å². The lowest BCUT2D eigenvalue weighted by molar-refractivity contribution is 0.144. The van der Waals surface area contributed by atoms with Crippen molar-refractivity contribution in [2.45, 2.75) is 44.8 Å². The van der Waals surface area contributed by atoms with Crippen LogP contribution in [0.25, 0.3) is 0 Å². The molecular formula is C20H31N3O2. The first kappa shape index (κ1) is 18.2. The van der Waals surface area contributed by atoms with E-state index in [1.807, 2.05) is 6.92 Å². The average molecular weight is 345 g/mol. The summed E-state index contributed by atoms with van der Waals surface area (Å²) < 4.78 is 0. The van der Waals surface area contributed by atoms with Gasteiger partial charge in [-0.2, -0.15) is 0 Å². The summed E-state index contributed by atoms with van der Waals surface area (Å²) >= 11 is 0. The second-order valence-corrected chi connectivity index (χ2v) is 7.73. The number of carbonyl (C=O) groups excluding carboxylic acids is 1. The molecule has 1 aliphatic heterocycles. The van der Waals surface area contributed by atoms with Crippen LogP contribution < -0.4 is 5.32 Å². The Kier molecular flexibility index (Phi) is 5.97. The van der Waals surface area contributed by atoms with E-state index in [0.717, 1.165) is 26.1 Å². The van der Waals surface area contributed by atoms with Crippen molar-refractivity contribution in [3.63, 3.8) is 0 Å². The fourth-order valence-corrected chi connectivity index (χ4v) is 4.30. The van der Waals surface area contributed by atoms with Crippen LogP contribution in [-0.4, -0.2) is 59.8 Å². The zero-order chi connectivity index (χ0) is 17.8. The molecule has 2 aliphatic rings. The van der Waals surface area contributed by atoms with Gasteiger partial charge in [0.2, 0.25) is 0 Å². The molecule has 1 heterocycles. The Morgan fingerprint density at radius 2 is 2.08 bits per heavy atom. The maximum absolute atomic E-state index is 12.5. The van der Waals surface area contributed by atoms with Crippen LogP contribution in [0.5, 0.6) is 0 Å². The van der Waals surface area contributed by atoms with Gasteiger partial charge in [-0.05, 0) is 37.2 Å². The number of likely N-dealkylation sites (tertiary alicyclic amines) is 1. The number of benzene rings is 1. The smallest absolute Gasteiger partial charge is 0.317 e. The molecule has 25 heavy (non-hydrogen) atoms. The molecule has 2 amide bonds. The van der Waals surface area contributed by atoms with Gasteiger partial charge in [-0.1, -0.05) is 36.8 Å². The number of hydrogen-bond acceptors (Lipinski definition) is 3. The lowest BCUT2D eigenvalue weighted by atomic mass is 9.78. The van der Waals surface area contributed by atoms with E-state index in [-0.39, 0.29) is 24.7 Å². The van der Waals surface area contributed by atoms with Gasteiger partial charge in [-0.15, -0.1) is 0 Å². The van der Waals surface area contributed by atoms with E-state index in [0.29, 0.717) is 11.8 Å². The van der Waals surface area contributed by atoms with E-state index in [4.69, 9.17) is 0 Å². The van der Waals surface area contributed by atoms with Crippen LogP contribution in [0, 0.1) is 11.8 Å². The predicted octanol–water partition coefficient (Wildman–Crippen LogP) is 2.31. The van der Waals surface area contributed by atoms with Gasteiger partial charge >= 0.3 is 6.03 Å². The Hall–Kier alpha value is -1.59. The minimum atomic E-state index is -0.155. The number of carbonyl (C=O) groups is 1. The highest BCUT2D eigenvalue weighted by molar-refractivity contribution is 5.74. The SMILES string of the molecule is C[C@H](CO)N(C)C(=O)N[C@@H]1CCC[C@H]2CN(Cc3ccccc3)C[C@@H]21. The predicted molar refractivity (Wildman–Crippen MR) is 99.2 cm³/mol. The normalized spacial score (nSPS) is 27.6. The van der Waals surface area contributed by atoms with Crippen molar-refractivity contribution in [3.05, 3.63) is 35.9 Å². The molecule has 0 spiro atoms. The maximum atomic E-state index is 12.5. The number of nitrogens with one attached hydrogen (secondary N) is 1. The summed E-state index contributed by atoms with van der Waals surface area (Å²) in [7, 11) is 1.76. The molecule has 3 rings (SSSR count). The van der Waals surface area contributed by atoms with E-state index < -0.39 is 0 Å². The topological polar surface area (TPSA) is 55.8 Å². The van der Waals surface area contributed by atoms with E-state index in [1.54, 1.807) is 11.9 Å². The number of hydrogen-bond donors (Lipinski definition) is 2. The molecule has 2 N–H and O–H groups in total. The molecule has 1 aromatic rings. The number of aliphatic hydroxyl groups excluding tert-OH is 1. The zero-order valence-electron chi connectivity index (χ0n) is 15.4. The summed E-state index contributed by atoms with van der Waals surface area (Å²) in [4.78, 5) is 16.6. The van der Waals surface area contributed by atoms with E-state index in [1.165, 1.54) is 18.4 Å². The summed E-state index contributed by atoms with van der Waals surface area (Å²) in [6.45, 7) is 5.04. The van der Waals surface area contributed by atoms with Gasteiger partial charge in [-0.3, -0.25) is 4.90 Å². The zero-order valence-corrected chi connectivity index (χ0v) is 15.4. The van der Waals surface area contributed by atoms with E-state index in [2.05, 4.69) is 40.5 Å². The first-order valence-corrected chi connectivity index (χ1v) is 9.49. The van der Waals surface area contributed by atoms with Crippen LogP contribution in [-0.2, 0) is 6.54 Å². The first-order chi connectivity index (χ1) is 12.1. The van der Waals surface area contributed by atoms with Crippen LogP contribution in [0.15, 0.2) is 30.3 Å². The monoisotopic (exact) mass is 345 g/mol. The standard InChI is InChI=1S/C20H31N3O2/c1-15(14-24)22(2)20(25)21-19-10-6-9-17-12-23(13-18(17)19)11-16-7-4-3-5-8-16/h3-5,7-8,15,17-19,24H,6,9-14H2,1-2H3,(H,21,25)/t15-,17+,18+,19-/m1/s1. The Labute approximate surface area is 151 Å². The number of amides is 2. The summed E-state index contributed by atoms with van der Waals surface area (Å²) in [5.41, 5.74) is 1.36. The second kappa shape index (κ2) is 8.19. The lowest BCUT2D eigenvalue weighted by Crippen LogP contribution is -2.51. The van der Waals surface area contributed by atoms with Crippen molar-refractivity contribution < 1.29 is 9.90 Å². The Morgan fingerprint density at radius 3 is 2.80 bits per heavy atom. The van der Waals surface area contributed by atoms with Crippen molar-refractivity contribution in [1.82, 2.24) is 15.1 Å². The highest BCUT2D eigenvalue weighted by atomic mass is 16.3. The second-order valence-electron chi connectivity index (χ2n) is 7.73. The minimum absolute atomic E-state index is 0.00844. The molecule has 1 aliphatic carbocycles. The molecule has 5 nitrogen and oxygen atoms in total. The number of aliphatic hydroxyl groups is 1. The summed E-state index contributed by atoms with van der Waals surface area (Å²) in [5.74, 6) is 1.22. The highest BCUT2D eigenvalue weighted by Gasteiger charge is 2.41. The Bertz CT molecular complexity index is 565. The Morgan fingerprint density at radius 1 is 1.32 bits per heavy atom. The number of nitrogens with zero attached hydrogens (tertiary/aromatic N) is 2. The third kappa shape index (κ3) is 4.33. The van der Waals surface area contributed by atoms with Gasteiger partial charge in [0.25, 0.3) is 0 Å². The summed E-state index contributed by atoms with van der Waals surface area (Å²) in [6, 6.07) is 10.7. The molecule has 1 saturated carbocycles. The van der Waals surface area contributed by atoms with Gasteiger partial charge in [0, 0.05) is 32.7 Å². The van der Waals surface area contributed by atoms with Crippen LogP contribution in [0.4, 0.5) is 4.79 Å². The molecular weight excluding hydrogens is 314 g/mol. The quantitative estimate of drug-likeness (QED) is 0.861. The number of fused-ring (bicyclic) bond motifs is 1. The van der Waals surface area contributed by atoms with Gasteiger partial charge in [0.15, 0.2) is 0 Å². The number of likely N-dealkylation sites (N-methyl/N-ethyl adjacent to an activating group) is 1. The van der Waals surface area contributed by atoms with Crippen molar-refractivity contribution in [3.8, 4) is 0 Å². The van der Waals surface area contributed by atoms with Crippen LogP contribution in [0.1, 0.15) is 31.7 Å². The fourth-order valence-electron chi connectivity index (χ4n) is 4.30. The number of urea groups is 1. The van der Waals surface area contributed by atoms with E-state index in [9.17, 15) is 9.90 Å². The van der Waals surface area contributed by atoms with Crippen LogP contribution in [0.3, 0.4) is 0 Å². The minimum Gasteiger partial charge on any atom is -0.394 e. The van der Waals surface area contributed by atoms with Crippen molar-refractivity contribution in [2.75, 3.05) is 26.7 Å². The van der Waals surface area contributed by atoms with Crippen molar-refractivity contribution in [2.24, 2.45) is 11.8 Å². The van der Waals surface area contributed by atoms with Crippen molar-refractivity contribution >= 4 is 6.03 Å². The molecule has 1 saturated heterocycles. The van der Waals surface area contributed by atoms with Gasteiger partial charge in [0.1, 0.15) is 0 Å². The summed E-state index contributed by atoms with van der Waals surface area (Å²) in [5, 5.41) is 12.5. The summed E-state index contributed by atoms with van der Waals surface area (Å²) in [6.07, 6.45) is 3.52. The third-order valence-electron chi connectivity index (χ3n) is 5.98. The molecule has 138 valence electrons. The van der Waals surface area contributed by atoms with Crippen LogP contribution in [0.2, 0.25) is 0 Å². The maximum Gasteiger partial charge on any atom is 0.317 e. The molecule has 0 radical (unpaired) electrons. The lowest BCUT2D eigenvalue weighted by Gasteiger charge is -2.35. The molecule has 0 aromatic heterocycles. The van der Waals surface area contributed by atoms with Crippen molar-refractivity contribution in [1.29, 1.82) is 0 Å². The molecule has 0 unspecified atom stereocenters. The molecule has 1 aromatic carbocycles. The third-order valence-corrected chi connectivity index (χ3v) is 5.98. The number of rotatable bonds is 5. The van der Waals surface area contributed by atoms with Gasteiger partial charge in [0.05, 0.1) is 12.6 Å². The molecule has 5 heteroatoms. The Balaban J connectivity index is 1.59. The largest absolute Gasteiger partial charge is 0.394 e. The van der Waals surface area contributed by atoms with Gasteiger partial charge < -0.3 is 15.3 Å². The fraction of sp³-hybridized carbons (Fsp3) is 0.650. The van der Waals surface area contributed by atoms with Crippen LogP contribution >= 0.6 is 0 Å².